The summed E-state index contributed by atoms with van der Waals surface area (Å²) in [5, 5.41) is 9.43. The molecule has 6 heteroatoms. The maximum atomic E-state index is 12.9. The summed E-state index contributed by atoms with van der Waals surface area (Å²) in [5.41, 5.74) is -0.231. The molecule has 0 saturated carbocycles. The fraction of sp³-hybridized carbons (Fsp3) is 0.538. The summed E-state index contributed by atoms with van der Waals surface area (Å²) < 4.78 is 38.8. The van der Waals surface area contributed by atoms with Gasteiger partial charge in [-0.15, -0.1) is 0 Å². The van der Waals surface area contributed by atoms with Crippen LogP contribution in [-0.2, 0) is 12.8 Å². The zero-order valence-corrected chi connectivity index (χ0v) is 11.4. The maximum absolute atomic E-state index is 12.9. The minimum absolute atomic E-state index is 0.0734. The van der Waals surface area contributed by atoms with Crippen molar-refractivity contribution in [2.75, 3.05) is 23.7 Å². The monoisotopic (exact) mass is 291 g/mol. The number of hydrogen-bond acceptors (Lipinski definition) is 3. The molecule has 1 N–H and O–H groups in total. The SMILES string of the molecule is CC1CN(c2ccc(CO)c(C(F)(F)F)c2)CCS1. The smallest absolute Gasteiger partial charge is 0.392 e. The van der Waals surface area contributed by atoms with Crippen LogP contribution < -0.4 is 4.90 Å². The number of anilines is 1. The van der Waals surface area contributed by atoms with E-state index in [4.69, 9.17) is 5.11 Å². The van der Waals surface area contributed by atoms with Gasteiger partial charge in [0.2, 0.25) is 0 Å². The Morgan fingerprint density at radius 1 is 1.42 bits per heavy atom. The number of benzene rings is 1. The molecule has 1 heterocycles. The van der Waals surface area contributed by atoms with Gasteiger partial charge in [0.05, 0.1) is 12.2 Å². The van der Waals surface area contributed by atoms with Crippen molar-refractivity contribution >= 4 is 17.4 Å². The van der Waals surface area contributed by atoms with Gasteiger partial charge in [-0.2, -0.15) is 24.9 Å². The van der Waals surface area contributed by atoms with Crippen molar-refractivity contribution in [2.45, 2.75) is 25.0 Å². The molecule has 1 aliphatic rings. The van der Waals surface area contributed by atoms with Gasteiger partial charge in [0.25, 0.3) is 0 Å². The molecular formula is C13H16F3NOS. The topological polar surface area (TPSA) is 23.5 Å². The van der Waals surface area contributed by atoms with Crippen molar-refractivity contribution in [3.05, 3.63) is 29.3 Å². The van der Waals surface area contributed by atoms with Crippen molar-refractivity contribution in [3.63, 3.8) is 0 Å². The molecule has 19 heavy (non-hydrogen) atoms. The van der Waals surface area contributed by atoms with Crippen LogP contribution >= 0.6 is 11.8 Å². The first-order chi connectivity index (χ1) is 8.91. The molecule has 0 bridgehead atoms. The second-order valence-corrected chi connectivity index (χ2v) is 6.17. The predicted octanol–water partition coefficient (Wildman–Crippen LogP) is 3.14. The summed E-state index contributed by atoms with van der Waals surface area (Å²) in [6.07, 6.45) is -4.43. The molecule has 1 unspecified atom stereocenters. The van der Waals surface area contributed by atoms with Crippen LogP contribution in [0.4, 0.5) is 18.9 Å². The van der Waals surface area contributed by atoms with Crippen LogP contribution in [-0.4, -0.2) is 29.2 Å². The molecule has 106 valence electrons. The number of aliphatic hydroxyl groups is 1. The van der Waals surface area contributed by atoms with E-state index in [9.17, 15) is 13.2 Å². The maximum Gasteiger partial charge on any atom is 0.416 e. The van der Waals surface area contributed by atoms with Crippen LogP contribution in [0.5, 0.6) is 0 Å². The molecule has 2 rings (SSSR count). The summed E-state index contributed by atoms with van der Waals surface area (Å²) in [4.78, 5) is 1.97. The van der Waals surface area contributed by atoms with E-state index in [1.54, 1.807) is 6.07 Å². The third kappa shape index (κ3) is 3.36. The van der Waals surface area contributed by atoms with Gasteiger partial charge in [0, 0.05) is 29.8 Å². The Balaban J connectivity index is 2.32. The van der Waals surface area contributed by atoms with E-state index in [1.165, 1.54) is 6.07 Å². The van der Waals surface area contributed by atoms with Gasteiger partial charge < -0.3 is 10.0 Å². The first-order valence-electron chi connectivity index (χ1n) is 6.09. The van der Waals surface area contributed by atoms with Gasteiger partial charge in [-0.3, -0.25) is 0 Å². The summed E-state index contributed by atoms with van der Waals surface area (Å²) in [7, 11) is 0. The fourth-order valence-electron chi connectivity index (χ4n) is 2.22. The number of alkyl halides is 3. The average Bonchev–Trinajstić information content (AvgIpc) is 2.37. The molecule has 1 atom stereocenters. The summed E-state index contributed by atoms with van der Waals surface area (Å²) in [6.45, 7) is 2.98. The standard InChI is InChI=1S/C13H16F3NOS/c1-9-7-17(4-5-19-9)11-3-2-10(8-18)12(6-11)13(14,15)16/h2-3,6,9,18H,4-5,7-8H2,1H3. The zero-order valence-electron chi connectivity index (χ0n) is 10.6. The number of halogens is 3. The van der Waals surface area contributed by atoms with Crippen molar-refractivity contribution in [2.24, 2.45) is 0 Å². The van der Waals surface area contributed by atoms with Gasteiger partial charge in [0.1, 0.15) is 0 Å². The summed E-state index contributed by atoms with van der Waals surface area (Å²) in [6, 6.07) is 4.17. The molecule has 0 aliphatic carbocycles. The summed E-state index contributed by atoms with van der Waals surface area (Å²) in [5.74, 6) is 0.921. The van der Waals surface area contributed by atoms with E-state index >= 15 is 0 Å². The molecule has 0 radical (unpaired) electrons. The largest absolute Gasteiger partial charge is 0.416 e. The third-order valence-corrected chi connectivity index (χ3v) is 4.31. The van der Waals surface area contributed by atoms with Gasteiger partial charge in [-0.05, 0) is 17.7 Å². The molecule has 1 saturated heterocycles. The minimum Gasteiger partial charge on any atom is -0.392 e. The van der Waals surface area contributed by atoms with Crippen LogP contribution in [0, 0.1) is 0 Å². The van der Waals surface area contributed by atoms with E-state index in [0.29, 0.717) is 10.9 Å². The normalized spacial score (nSPS) is 20.7. The molecule has 1 fully saturated rings. The van der Waals surface area contributed by atoms with Crippen LogP contribution in [0.3, 0.4) is 0 Å². The lowest BCUT2D eigenvalue weighted by Gasteiger charge is -2.33. The van der Waals surface area contributed by atoms with Gasteiger partial charge in [0.15, 0.2) is 0 Å². The van der Waals surface area contributed by atoms with Crippen molar-refractivity contribution < 1.29 is 18.3 Å². The van der Waals surface area contributed by atoms with Crippen LogP contribution in [0.25, 0.3) is 0 Å². The first-order valence-corrected chi connectivity index (χ1v) is 7.14. The molecule has 1 aromatic rings. The van der Waals surface area contributed by atoms with Crippen LogP contribution in [0.15, 0.2) is 18.2 Å². The highest BCUT2D eigenvalue weighted by Gasteiger charge is 2.34. The highest BCUT2D eigenvalue weighted by molar-refractivity contribution is 8.00. The van der Waals surface area contributed by atoms with E-state index in [0.717, 1.165) is 24.9 Å². The van der Waals surface area contributed by atoms with Gasteiger partial charge >= 0.3 is 6.18 Å². The number of nitrogens with zero attached hydrogens (tertiary/aromatic N) is 1. The molecular weight excluding hydrogens is 275 g/mol. The Labute approximate surface area is 114 Å². The Morgan fingerprint density at radius 2 is 2.16 bits per heavy atom. The number of rotatable bonds is 2. The average molecular weight is 291 g/mol. The second kappa shape index (κ2) is 5.63. The fourth-order valence-corrected chi connectivity index (χ4v) is 3.23. The molecule has 2 nitrogen and oxygen atoms in total. The van der Waals surface area contributed by atoms with E-state index < -0.39 is 18.3 Å². The molecule has 0 spiro atoms. The third-order valence-electron chi connectivity index (χ3n) is 3.18. The lowest BCUT2D eigenvalue weighted by atomic mass is 10.1. The number of hydrogen-bond donors (Lipinski definition) is 1. The Kier molecular flexibility index (Phi) is 4.30. The van der Waals surface area contributed by atoms with Crippen LogP contribution in [0.1, 0.15) is 18.1 Å². The van der Waals surface area contributed by atoms with Gasteiger partial charge in [-0.1, -0.05) is 13.0 Å². The molecule has 1 aromatic carbocycles. The number of thioether (sulfide) groups is 1. The highest BCUT2D eigenvalue weighted by Crippen LogP contribution is 2.35. The van der Waals surface area contributed by atoms with E-state index in [2.05, 4.69) is 6.92 Å². The van der Waals surface area contributed by atoms with Gasteiger partial charge in [-0.25, -0.2) is 0 Å². The lowest BCUT2D eigenvalue weighted by Crippen LogP contribution is -2.36. The second-order valence-electron chi connectivity index (χ2n) is 4.62. The Hall–Kier alpha value is -0.880. The minimum atomic E-state index is -4.43. The lowest BCUT2D eigenvalue weighted by molar-refractivity contribution is -0.138. The first kappa shape index (κ1) is 14.5. The molecule has 0 amide bonds. The highest BCUT2D eigenvalue weighted by atomic mass is 32.2. The Morgan fingerprint density at radius 3 is 2.74 bits per heavy atom. The number of aliphatic hydroxyl groups excluding tert-OH is 1. The summed E-state index contributed by atoms with van der Waals surface area (Å²) >= 11 is 1.83. The van der Waals surface area contributed by atoms with E-state index in [-0.39, 0.29) is 5.56 Å². The Bertz CT molecular complexity index is 450. The quantitative estimate of drug-likeness (QED) is 0.905. The van der Waals surface area contributed by atoms with Crippen molar-refractivity contribution in [1.29, 1.82) is 0 Å². The van der Waals surface area contributed by atoms with E-state index in [1.807, 2.05) is 16.7 Å². The zero-order chi connectivity index (χ0) is 14.0. The van der Waals surface area contributed by atoms with Crippen molar-refractivity contribution in [3.8, 4) is 0 Å². The molecule has 1 aliphatic heterocycles. The molecule has 0 aromatic heterocycles. The van der Waals surface area contributed by atoms with Crippen LogP contribution in [0.2, 0.25) is 0 Å². The van der Waals surface area contributed by atoms with Crippen molar-refractivity contribution in [1.82, 2.24) is 0 Å². The predicted molar refractivity (Wildman–Crippen MR) is 71.5 cm³/mol.